The molecule has 146 valence electrons. The van der Waals surface area contributed by atoms with Crippen LogP contribution in [-0.2, 0) is 11.4 Å². The van der Waals surface area contributed by atoms with E-state index in [0.29, 0.717) is 5.76 Å². The van der Waals surface area contributed by atoms with Crippen LogP contribution >= 0.6 is 0 Å². The average Bonchev–Trinajstić information content (AvgIpc) is 3.12. The van der Waals surface area contributed by atoms with Crippen LogP contribution in [-0.4, -0.2) is 23.9 Å². The highest BCUT2D eigenvalue weighted by Gasteiger charge is 2.16. The Morgan fingerprint density at radius 1 is 1.00 bits per heavy atom. The minimum Gasteiger partial charge on any atom is -0.486 e. The van der Waals surface area contributed by atoms with Gasteiger partial charge in [0, 0.05) is 5.54 Å². The SMILES string of the molecule is CC(C)(C)NC(=O)CNC(=O)c1ccc(COc2ccc3ccccc3c2)o1. The van der Waals surface area contributed by atoms with E-state index in [4.69, 9.17) is 9.15 Å². The third-order valence-electron chi connectivity index (χ3n) is 3.91. The maximum absolute atomic E-state index is 12.1. The molecule has 2 N–H and O–H groups in total. The first-order valence-electron chi connectivity index (χ1n) is 9.10. The molecule has 0 fully saturated rings. The molecule has 0 atom stereocenters. The first-order chi connectivity index (χ1) is 13.3. The molecule has 0 aliphatic carbocycles. The second kappa shape index (κ2) is 8.17. The summed E-state index contributed by atoms with van der Waals surface area (Å²) in [5, 5.41) is 7.55. The van der Waals surface area contributed by atoms with E-state index in [9.17, 15) is 9.59 Å². The van der Waals surface area contributed by atoms with Crippen LogP contribution in [0.1, 0.15) is 37.1 Å². The van der Waals surface area contributed by atoms with Crippen molar-refractivity contribution in [2.24, 2.45) is 0 Å². The molecule has 0 aliphatic heterocycles. The molecule has 0 saturated heterocycles. The van der Waals surface area contributed by atoms with Crippen molar-refractivity contribution >= 4 is 22.6 Å². The molecule has 6 nitrogen and oxygen atoms in total. The predicted molar refractivity (Wildman–Crippen MR) is 107 cm³/mol. The molecule has 6 heteroatoms. The van der Waals surface area contributed by atoms with Gasteiger partial charge in [-0.2, -0.15) is 0 Å². The third kappa shape index (κ3) is 5.36. The molecule has 0 spiro atoms. The Morgan fingerprint density at radius 2 is 1.75 bits per heavy atom. The van der Waals surface area contributed by atoms with Gasteiger partial charge in [0.2, 0.25) is 5.91 Å². The van der Waals surface area contributed by atoms with Crippen molar-refractivity contribution in [1.82, 2.24) is 10.6 Å². The van der Waals surface area contributed by atoms with Crippen LogP contribution in [0.25, 0.3) is 10.8 Å². The summed E-state index contributed by atoms with van der Waals surface area (Å²) in [6.45, 7) is 5.72. The zero-order valence-corrected chi connectivity index (χ0v) is 16.2. The number of amides is 2. The lowest BCUT2D eigenvalue weighted by Gasteiger charge is -2.20. The monoisotopic (exact) mass is 380 g/mol. The van der Waals surface area contributed by atoms with E-state index < -0.39 is 5.91 Å². The van der Waals surface area contributed by atoms with Crippen LogP contribution in [0.15, 0.2) is 59.0 Å². The van der Waals surface area contributed by atoms with Crippen molar-refractivity contribution in [2.75, 3.05) is 6.54 Å². The van der Waals surface area contributed by atoms with Crippen molar-refractivity contribution in [3.05, 3.63) is 66.1 Å². The molecule has 2 amide bonds. The Balaban J connectivity index is 1.53. The molecule has 0 radical (unpaired) electrons. The molecule has 0 aliphatic rings. The smallest absolute Gasteiger partial charge is 0.287 e. The molecule has 0 bridgehead atoms. The van der Waals surface area contributed by atoms with Crippen LogP contribution in [0.5, 0.6) is 5.75 Å². The van der Waals surface area contributed by atoms with Gasteiger partial charge in [-0.3, -0.25) is 9.59 Å². The molecule has 0 unspecified atom stereocenters. The van der Waals surface area contributed by atoms with E-state index >= 15 is 0 Å². The molecule has 28 heavy (non-hydrogen) atoms. The van der Waals surface area contributed by atoms with Crippen molar-refractivity contribution in [2.45, 2.75) is 32.9 Å². The van der Waals surface area contributed by atoms with Gasteiger partial charge in [0.05, 0.1) is 6.54 Å². The van der Waals surface area contributed by atoms with Crippen molar-refractivity contribution < 1.29 is 18.7 Å². The van der Waals surface area contributed by atoms with Gasteiger partial charge < -0.3 is 19.8 Å². The Morgan fingerprint density at radius 3 is 2.50 bits per heavy atom. The van der Waals surface area contributed by atoms with Gasteiger partial charge in [-0.25, -0.2) is 0 Å². The third-order valence-corrected chi connectivity index (χ3v) is 3.91. The van der Waals surface area contributed by atoms with Gasteiger partial charge in [0.25, 0.3) is 5.91 Å². The van der Waals surface area contributed by atoms with Crippen LogP contribution in [0.3, 0.4) is 0 Å². The van der Waals surface area contributed by atoms with Gasteiger partial charge >= 0.3 is 0 Å². The van der Waals surface area contributed by atoms with Gasteiger partial charge in [0.1, 0.15) is 18.1 Å². The zero-order chi connectivity index (χ0) is 20.1. The van der Waals surface area contributed by atoms with E-state index in [0.717, 1.165) is 16.5 Å². The molecule has 2 aromatic carbocycles. The topological polar surface area (TPSA) is 80.6 Å². The molecule has 3 aromatic rings. The summed E-state index contributed by atoms with van der Waals surface area (Å²) in [5.74, 6) is 0.686. The quantitative estimate of drug-likeness (QED) is 0.684. The summed E-state index contributed by atoms with van der Waals surface area (Å²) >= 11 is 0. The van der Waals surface area contributed by atoms with Gasteiger partial charge in [0.15, 0.2) is 5.76 Å². The largest absolute Gasteiger partial charge is 0.486 e. The summed E-state index contributed by atoms with van der Waals surface area (Å²) < 4.78 is 11.3. The second-order valence-corrected chi connectivity index (χ2v) is 7.54. The summed E-state index contributed by atoms with van der Waals surface area (Å²) in [4.78, 5) is 23.9. The highest BCUT2D eigenvalue weighted by Crippen LogP contribution is 2.21. The lowest BCUT2D eigenvalue weighted by molar-refractivity contribution is -0.121. The number of fused-ring (bicyclic) bond motifs is 1. The number of furan rings is 1. The Bertz CT molecular complexity index is 985. The van der Waals surface area contributed by atoms with E-state index in [2.05, 4.69) is 10.6 Å². The van der Waals surface area contributed by atoms with Crippen LogP contribution in [0.2, 0.25) is 0 Å². The lowest BCUT2D eigenvalue weighted by Crippen LogP contribution is -2.45. The van der Waals surface area contributed by atoms with Gasteiger partial charge in [-0.1, -0.05) is 30.3 Å². The molecule has 1 heterocycles. The van der Waals surface area contributed by atoms with Gasteiger partial charge in [-0.05, 0) is 55.8 Å². The zero-order valence-electron chi connectivity index (χ0n) is 16.2. The van der Waals surface area contributed by atoms with E-state index in [1.807, 2.05) is 63.2 Å². The number of nitrogens with one attached hydrogen (secondary N) is 2. The van der Waals surface area contributed by atoms with Crippen LogP contribution in [0.4, 0.5) is 0 Å². The number of rotatable bonds is 6. The minimum absolute atomic E-state index is 0.111. The van der Waals surface area contributed by atoms with Crippen LogP contribution in [0, 0.1) is 0 Å². The summed E-state index contributed by atoms with van der Waals surface area (Å²) in [5.41, 5.74) is -0.347. The maximum atomic E-state index is 12.1. The average molecular weight is 380 g/mol. The number of benzene rings is 2. The van der Waals surface area contributed by atoms with E-state index in [-0.39, 0.29) is 30.4 Å². The number of hydrogen-bond donors (Lipinski definition) is 2. The first-order valence-corrected chi connectivity index (χ1v) is 9.10. The normalized spacial score (nSPS) is 11.2. The minimum atomic E-state index is -0.444. The Kier molecular flexibility index (Phi) is 5.68. The van der Waals surface area contributed by atoms with Crippen molar-refractivity contribution in [3.63, 3.8) is 0 Å². The second-order valence-electron chi connectivity index (χ2n) is 7.54. The Hall–Kier alpha value is -3.28. The number of carbonyl (C=O) groups is 2. The molecule has 3 rings (SSSR count). The fourth-order valence-corrected chi connectivity index (χ4v) is 2.70. The summed E-state index contributed by atoms with van der Waals surface area (Å²) in [6.07, 6.45) is 0. The first kappa shape index (κ1) is 19.5. The fraction of sp³-hybridized carbons (Fsp3) is 0.273. The summed E-state index contributed by atoms with van der Waals surface area (Å²) in [7, 11) is 0. The maximum Gasteiger partial charge on any atom is 0.287 e. The highest BCUT2D eigenvalue weighted by molar-refractivity contribution is 5.94. The molecular weight excluding hydrogens is 356 g/mol. The summed E-state index contributed by atoms with van der Waals surface area (Å²) in [6, 6.07) is 17.1. The number of carbonyl (C=O) groups excluding carboxylic acids is 2. The van der Waals surface area contributed by atoms with Crippen molar-refractivity contribution in [3.8, 4) is 5.75 Å². The fourth-order valence-electron chi connectivity index (χ4n) is 2.70. The van der Waals surface area contributed by atoms with Crippen molar-refractivity contribution in [1.29, 1.82) is 0 Å². The standard InChI is InChI=1S/C22H24N2O4/c1-22(2,3)24-20(25)13-23-21(26)19-11-10-18(28-19)14-27-17-9-8-15-6-4-5-7-16(15)12-17/h4-12H,13-14H2,1-3H3,(H,23,26)(H,24,25). The van der Waals surface area contributed by atoms with Crippen LogP contribution < -0.4 is 15.4 Å². The van der Waals surface area contributed by atoms with E-state index in [1.165, 1.54) is 0 Å². The van der Waals surface area contributed by atoms with Gasteiger partial charge in [-0.15, -0.1) is 0 Å². The Labute approximate surface area is 163 Å². The molecule has 1 aromatic heterocycles. The number of hydrogen-bond acceptors (Lipinski definition) is 4. The van der Waals surface area contributed by atoms with E-state index in [1.54, 1.807) is 12.1 Å². The highest BCUT2D eigenvalue weighted by atomic mass is 16.5. The molecular formula is C22H24N2O4. The number of ether oxygens (including phenoxy) is 1. The molecule has 0 saturated carbocycles. The predicted octanol–water partition coefficient (Wildman–Crippen LogP) is 3.66. The lowest BCUT2D eigenvalue weighted by atomic mass is 10.1.